The summed E-state index contributed by atoms with van der Waals surface area (Å²) in [7, 11) is 0. The highest BCUT2D eigenvalue weighted by atomic mass is 16.3. The van der Waals surface area contributed by atoms with Gasteiger partial charge in [0.25, 0.3) is 0 Å². The first-order valence-electron chi connectivity index (χ1n) is 16.7. The summed E-state index contributed by atoms with van der Waals surface area (Å²) < 4.78 is 0. The fraction of sp³-hybridized carbons (Fsp3) is 0.833. The van der Waals surface area contributed by atoms with Gasteiger partial charge in [-0.2, -0.15) is 0 Å². The number of hydrogen-bond donors (Lipinski definition) is 3. The van der Waals surface area contributed by atoms with Crippen LogP contribution in [0.1, 0.15) is 174 Å². The van der Waals surface area contributed by atoms with Gasteiger partial charge in [-0.1, -0.05) is 134 Å². The van der Waals surface area contributed by atoms with Crippen LogP contribution in [0.25, 0.3) is 0 Å². The Morgan fingerprint density at radius 1 is 0.513 bits per heavy atom. The predicted octanol–water partition coefficient (Wildman–Crippen LogP) is 9.42. The number of aliphatic hydroxyl groups is 3. The van der Waals surface area contributed by atoms with E-state index in [1.54, 1.807) is 0 Å². The monoisotopic (exact) mass is 544 g/mol. The molecule has 0 aliphatic rings. The standard InChI is InChI=1S/C36H64O3/c1-3-5-6-7-8-9-10-11-14-17-20-23-26-29-32-35(38)36(39)33-30-27-24-21-18-15-12-13-16-19-22-25-28-31-34(37)4-2/h2,24,27,34-39H,3,5-11,13-14,16-23,25-26,28-33H2,1H3/b27-24-/t34-,35?,36?/m0/s1. The lowest BCUT2D eigenvalue weighted by Gasteiger charge is -2.17. The summed E-state index contributed by atoms with van der Waals surface area (Å²) in [6.07, 6.45) is 37.6. The minimum absolute atomic E-state index is 0.578. The summed E-state index contributed by atoms with van der Waals surface area (Å²) in [5, 5.41) is 29.8. The van der Waals surface area contributed by atoms with Crippen molar-refractivity contribution in [2.45, 2.75) is 192 Å². The zero-order chi connectivity index (χ0) is 28.7. The van der Waals surface area contributed by atoms with Crippen LogP contribution in [-0.2, 0) is 0 Å². The fourth-order valence-electron chi connectivity index (χ4n) is 4.93. The van der Waals surface area contributed by atoms with Crippen molar-refractivity contribution in [3.8, 4) is 24.2 Å². The number of unbranched alkanes of at least 4 members (excludes halogenated alkanes) is 19. The Balaban J connectivity index is 3.45. The Kier molecular flexibility index (Phi) is 30.3. The Morgan fingerprint density at radius 3 is 1.51 bits per heavy atom. The van der Waals surface area contributed by atoms with E-state index in [9.17, 15) is 15.3 Å². The van der Waals surface area contributed by atoms with Gasteiger partial charge >= 0.3 is 0 Å². The van der Waals surface area contributed by atoms with Gasteiger partial charge < -0.3 is 15.3 Å². The second-order valence-corrected chi connectivity index (χ2v) is 11.4. The van der Waals surface area contributed by atoms with E-state index in [2.05, 4.69) is 36.8 Å². The molecule has 0 radical (unpaired) electrons. The predicted molar refractivity (Wildman–Crippen MR) is 169 cm³/mol. The first-order valence-corrected chi connectivity index (χ1v) is 16.7. The lowest BCUT2D eigenvalue weighted by molar-refractivity contribution is 0.00911. The van der Waals surface area contributed by atoms with Crippen molar-refractivity contribution in [3.05, 3.63) is 12.2 Å². The molecule has 3 N–H and O–H groups in total. The zero-order valence-corrected chi connectivity index (χ0v) is 25.7. The van der Waals surface area contributed by atoms with Gasteiger partial charge in [-0.3, -0.25) is 0 Å². The molecule has 0 saturated heterocycles. The lowest BCUT2D eigenvalue weighted by atomic mass is 10.0. The number of hydrogen-bond acceptors (Lipinski definition) is 3. The molecule has 0 spiro atoms. The summed E-state index contributed by atoms with van der Waals surface area (Å²) in [6.45, 7) is 2.28. The van der Waals surface area contributed by atoms with Crippen molar-refractivity contribution in [2.75, 3.05) is 0 Å². The smallest absolute Gasteiger partial charge is 0.114 e. The van der Waals surface area contributed by atoms with Crippen LogP contribution in [0, 0.1) is 24.2 Å². The van der Waals surface area contributed by atoms with Crippen LogP contribution in [0.2, 0.25) is 0 Å². The molecule has 2 unspecified atom stereocenters. The first kappa shape index (κ1) is 37.7. The van der Waals surface area contributed by atoms with Gasteiger partial charge in [0.15, 0.2) is 0 Å². The molecule has 0 aromatic carbocycles. The second kappa shape index (κ2) is 31.3. The summed E-state index contributed by atoms with van der Waals surface area (Å²) >= 11 is 0. The lowest BCUT2D eigenvalue weighted by Crippen LogP contribution is -2.25. The van der Waals surface area contributed by atoms with Crippen LogP contribution in [0.3, 0.4) is 0 Å². The van der Waals surface area contributed by atoms with E-state index in [0.717, 1.165) is 51.4 Å². The van der Waals surface area contributed by atoms with Crippen molar-refractivity contribution >= 4 is 0 Å². The average Bonchev–Trinajstić information content (AvgIpc) is 2.94. The number of terminal acetylenes is 1. The van der Waals surface area contributed by atoms with Gasteiger partial charge in [-0.15, -0.1) is 18.3 Å². The molecule has 0 aromatic rings. The van der Waals surface area contributed by atoms with E-state index in [0.29, 0.717) is 19.3 Å². The van der Waals surface area contributed by atoms with Crippen LogP contribution in [0.15, 0.2) is 12.2 Å². The average molecular weight is 545 g/mol. The van der Waals surface area contributed by atoms with Crippen molar-refractivity contribution in [2.24, 2.45) is 0 Å². The van der Waals surface area contributed by atoms with E-state index >= 15 is 0 Å². The molecule has 0 aliphatic carbocycles. The van der Waals surface area contributed by atoms with E-state index in [-0.39, 0.29) is 0 Å². The Hall–Kier alpha value is -1.26. The minimum Gasteiger partial charge on any atom is -0.390 e. The van der Waals surface area contributed by atoms with Gasteiger partial charge in [0.2, 0.25) is 0 Å². The normalized spacial score (nSPS) is 13.6. The largest absolute Gasteiger partial charge is 0.390 e. The molecule has 39 heavy (non-hydrogen) atoms. The molecule has 3 heteroatoms. The summed E-state index contributed by atoms with van der Waals surface area (Å²) in [5.74, 6) is 8.85. The van der Waals surface area contributed by atoms with E-state index in [1.165, 1.54) is 96.3 Å². The quantitative estimate of drug-likeness (QED) is 0.0522. The van der Waals surface area contributed by atoms with Crippen molar-refractivity contribution in [1.82, 2.24) is 0 Å². The fourth-order valence-corrected chi connectivity index (χ4v) is 4.93. The highest BCUT2D eigenvalue weighted by molar-refractivity contribution is 5.00. The van der Waals surface area contributed by atoms with Crippen molar-refractivity contribution in [1.29, 1.82) is 0 Å². The zero-order valence-electron chi connectivity index (χ0n) is 25.7. The summed E-state index contributed by atoms with van der Waals surface area (Å²) in [5.41, 5.74) is 0. The van der Waals surface area contributed by atoms with Gasteiger partial charge in [0.1, 0.15) is 6.10 Å². The van der Waals surface area contributed by atoms with Crippen LogP contribution >= 0.6 is 0 Å². The molecular weight excluding hydrogens is 480 g/mol. The van der Waals surface area contributed by atoms with Crippen LogP contribution in [0.4, 0.5) is 0 Å². The van der Waals surface area contributed by atoms with Crippen molar-refractivity contribution in [3.63, 3.8) is 0 Å². The number of rotatable bonds is 28. The molecule has 3 atom stereocenters. The van der Waals surface area contributed by atoms with E-state index in [1.807, 2.05) is 0 Å². The van der Waals surface area contributed by atoms with Crippen LogP contribution < -0.4 is 0 Å². The first-order chi connectivity index (χ1) is 19.1. The molecule has 0 saturated carbocycles. The minimum atomic E-state index is -0.612. The van der Waals surface area contributed by atoms with E-state index < -0.39 is 18.3 Å². The van der Waals surface area contributed by atoms with Gasteiger partial charge in [-0.05, 0) is 44.9 Å². The summed E-state index contributed by atoms with van der Waals surface area (Å²) in [4.78, 5) is 0. The van der Waals surface area contributed by atoms with Gasteiger partial charge in [0.05, 0.1) is 12.2 Å². The topological polar surface area (TPSA) is 60.7 Å². The maximum atomic E-state index is 10.2. The maximum absolute atomic E-state index is 10.2. The van der Waals surface area contributed by atoms with Gasteiger partial charge in [-0.25, -0.2) is 0 Å². The molecule has 0 heterocycles. The molecule has 0 fully saturated rings. The molecule has 0 rings (SSSR count). The van der Waals surface area contributed by atoms with Crippen LogP contribution in [-0.4, -0.2) is 33.6 Å². The summed E-state index contributed by atoms with van der Waals surface area (Å²) in [6, 6.07) is 0. The Morgan fingerprint density at radius 2 is 0.949 bits per heavy atom. The molecule has 0 bridgehead atoms. The SMILES string of the molecule is C#C[C@H](O)CCCCCCCC#CCC/C=C\CCC(O)C(O)CCCCCCCCCCCCCCCC. The molecule has 226 valence electrons. The third-order valence-electron chi connectivity index (χ3n) is 7.63. The maximum Gasteiger partial charge on any atom is 0.114 e. The third kappa shape index (κ3) is 29.5. The third-order valence-corrected chi connectivity index (χ3v) is 7.63. The molecule has 0 amide bonds. The molecule has 0 aromatic heterocycles. The van der Waals surface area contributed by atoms with E-state index in [4.69, 9.17) is 6.42 Å². The molecular formula is C36H64O3. The molecule has 0 aliphatic heterocycles. The van der Waals surface area contributed by atoms with Gasteiger partial charge in [0, 0.05) is 12.8 Å². The number of aliphatic hydroxyl groups excluding tert-OH is 3. The van der Waals surface area contributed by atoms with Crippen molar-refractivity contribution < 1.29 is 15.3 Å². The number of allylic oxidation sites excluding steroid dienone is 2. The van der Waals surface area contributed by atoms with Crippen LogP contribution in [0.5, 0.6) is 0 Å². The Labute approximate surface area is 243 Å². The highest BCUT2D eigenvalue weighted by Gasteiger charge is 2.14. The highest BCUT2D eigenvalue weighted by Crippen LogP contribution is 2.15. The second-order valence-electron chi connectivity index (χ2n) is 11.4. The Bertz CT molecular complexity index is 623. The molecule has 3 nitrogen and oxygen atoms in total.